The third-order valence-corrected chi connectivity index (χ3v) is 5.87. The number of nitrogens with one attached hydrogen (secondary N) is 1. The fourth-order valence-electron chi connectivity index (χ4n) is 3.67. The molecule has 2 aromatic carbocycles. The number of Topliss-reactive ketones (excluding diaryl/α,β-unsaturated/α-hetero) is 1. The first kappa shape index (κ1) is 24.1. The second-order valence-corrected chi connectivity index (χ2v) is 9.25. The Morgan fingerprint density at radius 3 is 2.56 bits per heavy atom. The number of ketones is 1. The van der Waals surface area contributed by atoms with Gasteiger partial charge in [0.05, 0.1) is 22.5 Å². The number of hydrogen-bond donors (Lipinski definition) is 2. The van der Waals surface area contributed by atoms with E-state index in [0.717, 1.165) is 28.9 Å². The highest BCUT2D eigenvalue weighted by Gasteiger charge is 2.27. The van der Waals surface area contributed by atoms with Gasteiger partial charge in [0, 0.05) is 39.5 Å². The topological polar surface area (TPSA) is 67.5 Å². The molecule has 0 radical (unpaired) electrons. The smallest absolute Gasteiger partial charge is 0.164 e. The Morgan fingerprint density at radius 1 is 1.19 bits per heavy atom. The minimum absolute atomic E-state index is 0.0545. The van der Waals surface area contributed by atoms with E-state index < -0.39 is 0 Å². The molecule has 6 heteroatoms. The van der Waals surface area contributed by atoms with Gasteiger partial charge in [0.2, 0.25) is 0 Å². The fraction of sp³-hybridized carbons (Fsp3) is 0.308. The highest BCUT2D eigenvalue weighted by Crippen LogP contribution is 2.36. The molecule has 1 atom stereocenters. The summed E-state index contributed by atoms with van der Waals surface area (Å²) in [6.07, 6.45) is 5.29. The van der Waals surface area contributed by atoms with Gasteiger partial charge in [-0.05, 0) is 68.7 Å². The van der Waals surface area contributed by atoms with Crippen molar-refractivity contribution in [3.63, 3.8) is 0 Å². The van der Waals surface area contributed by atoms with Gasteiger partial charge in [0.1, 0.15) is 0 Å². The Hall–Kier alpha value is -2.56. The number of hydrogen-bond acceptors (Lipinski definition) is 4. The van der Waals surface area contributed by atoms with Gasteiger partial charge in [-0.2, -0.15) is 0 Å². The zero-order chi connectivity index (χ0) is 23.4. The molecular weight excluding hydrogens is 441 g/mol. The molecular formula is C26H29Cl2N3O. The van der Waals surface area contributed by atoms with Gasteiger partial charge in [-0.25, -0.2) is 0 Å². The molecule has 0 fully saturated rings. The van der Waals surface area contributed by atoms with Crippen molar-refractivity contribution in [2.75, 3.05) is 11.1 Å². The van der Waals surface area contributed by atoms with E-state index in [-0.39, 0.29) is 11.8 Å². The summed E-state index contributed by atoms with van der Waals surface area (Å²) in [5.41, 5.74) is 11.4. The average Bonchev–Trinajstić information content (AvgIpc) is 3.12. The number of nitrogen functional groups attached to an aromatic ring is 1. The summed E-state index contributed by atoms with van der Waals surface area (Å²) in [7, 11) is 0. The number of carbonyl (C=O) groups excluding carboxylic acids is 1. The zero-order valence-electron chi connectivity index (χ0n) is 18.9. The maximum Gasteiger partial charge on any atom is 0.164 e. The molecule has 0 spiro atoms. The van der Waals surface area contributed by atoms with Crippen molar-refractivity contribution < 1.29 is 4.79 Å². The van der Waals surface area contributed by atoms with Crippen LogP contribution in [0.5, 0.6) is 0 Å². The van der Waals surface area contributed by atoms with Crippen LogP contribution in [0.1, 0.15) is 46.1 Å². The van der Waals surface area contributed by atoms with Crippen LogP contribution in [0.4, 0.5) is 17.1 Å². The monoisotopic (exact) mass is 469 g/mol. The third-order valence-electron chi connectivity index (χ3n) is 5.32. The molecule has 1 aliphatic heterocycles. The van der Waals surface area contributed by atoms with E-state index in [2.05, 4.69) is 19.2 Å². The number of nitrogens with two attached hydrogens (primary N) is 1. The van der Waals surface area contributed by atoms with E-state index in [0.29, 0.717) is 39.4 Å². The third kappa shape index (κ3) is 5.62. The molecule has 0 aromatic heterocycles. The summed E-state index contributed by atoms with van der Waals surface area (Å²) in [6, 6.07) is 10.9. The van der Waals surface area contributed by atoms with Gasteiger partial charge in [-0.15, -0.1) is 0 Å². The normalized spacial score (nSPS) is 16.2. The van der Waals surface area contributed by atoms with Gasteiger partial charge in [-0.3, -0.25) is 9.79 Å². The maximum atomic E-state index is 13.0. The summed E-state index contributed by atoms with van der Waals surface area (Å²) in [4.78, 5) is 17.8. The lowest BCUT2D eigenvalue weighted by Gasteiger charge is -2.18. The van der Waals surface area contributed by atoms with E-state index in [4.69, 9.17) is 33.9 Å². The van der Waals surface area contributed by atoms with Crippen LogP contribution >= 0.6 is 23.2 Å². The van der Waals surface area contributed by atoms with Gasteiger partial charge in [-0.1, -0.05) is 43.1 Å². The summed E-state index contributed by atoms with van der Waals surface area (Å²) < 4.78 is 0. The highest BCUT2D eigenvalue weighted by atomic mass is 35.5. The number of carbonyl (C=O) groups is 1. The van der Waals surface area contributed by atoms with Crippen molar-refractivity contribution in [3.05, 3.63) is 69.7 Å². The van der Waals surface area contributed by atoms with Gasteiger partial charge in [0.25, 0.3) is 0 Å². The molecule has 0 bridgehead atoms. The molecule has 3 rings (SSSR count). The predicted molar refractivity (Wildman–Crippen MR) is 138 cm³/mol. The summed E-state index contributed by atoms with van der Waals surface area (Å²) in [5, 5.41) is 4.46. The largest absolute Gasteiger partial charge is 0.399 e. The van der Waals surface area contributed by atoms with Crippen molar-refractivity contribution in [1.29, 1.82) is 0 Å². The molecule has 0 amide bonds. The number of nitrogens with zero attached hydrogens (tertiary/aromatic N) is 1. The first-order valence-electron chi connectivity index (χ1n) is 10.8. The van der Waals surface area contributed by atoms with Gasteiger partial charge < -0.3 is 11.1 Å². The van der Waals surface area contributed by atoms with Crippen molar-refractivity contribution in [2.24, 2.45) is 10.9 Å². The van der Waals surface area contributed by atoms with E-state index >= 15 is 0 Å². The number of aliphatic imine (C=N–C) groups is 1. The average molecular weight is 470 g/mol. The molecule has 0 saturated carbocycles. The second-order valence-electron chi connectivity index (χ2n) is 8.41. The lowest BCUT2D eigenvalue weighted by molar-refractivity contribution is -0.115. The van der Waals surface area contributed by atoms with Crippen LogP contribution in [-0.4, -0.2) is 17.5 Å². The number of halogens is 2. The van der Waals surface area contributed by atoms with Crippen LogP contribution in [0.3, 0.4) is 0 Å². The van der Waals surface area contributed by atoms with Crippen molar-refractivity contribution in [3.8, 4) is 0 Å². The number of anilines is 3. The van der Waals surface area contributed by atoms with Gasteiger partial charge >= 0.3 is 0 Å². The minimum atomic E-state index is -0.0545. The first-order chi connectivity index (χ1) is 15.2. The van der Waals surface area contributed by atoms with Crippen LogP contribution in [-0.2, 0) is 4.79 Å². The van der Waals surface area contributed by atoms with Crippen LogP contribution in [0.15, 0.2) is 59.1 Å². The van der Waals surface area contributed by atoms with Crippen molar-refractivity contribution in [1.82, 2.24) is 0 Å². The number of allylic oxidation sites excluding steroid dienone is 3. The van der Waals surface area contributed by atoms with Crippen LogP contribution < -0.4 is 11.1 Å². The first-order valence-corrected chi connectivity index (χ1v) is 11.6. The molecule has 168 valence electrons. The maximum absolute atomic E-state index is 13.0. The molecule has 3 N–H and O–H groups in total. The molecule has 1 unspecified atom stereocenters. The van der Waals surface area contributed by atoms with E-state index in [9.17, 15) is 4.79 Å². The molecule has 0 saturated heterocycles. The highest BCUT2D eigenvalue weighted by molar-refractivity contribution is 6.42. The molecule has 32 heavy (non-hydrogen) atoms. The second kappa shape index (κ2) is 10.4. The Balaban J connectivity index is 2.00. The Labute approximate surface area is 200 Å². The zero-order valence-corrected chi connectivity index (χ0v) is 20.4. The fourth-order valence-corrected chi connectivity index (χ4v) is 4.13. The Kier molecular flexibility index (Phi) is 7.81. The van der Waals surface area contributed by atoms with Crippen molar-refractivity contribution in [2.45, 2.75) is 46.6 Å². The SMILES string of the molecule is C/C=C(\C1=NC(C)C=C1C(=O)CCC(C)C)c1cc(N)ccc1Nc1ccc(Cl)cc1Cl. The van der Waals surface area contributed by atoms with Crippen LogP contribution in [0, 0.1) is 5.92 Å². The lowest BCUT2D eigenvalue weighted by Crippen LogP contribution is -2.14. The standard InChI is InChI=1S/C26H29Cl2N3O/c1-5-19(26-21(12-16(4)30-26)25(32)11-6-15(2)3)20-14-18(29)8-10-23(20)31-24-9-7-17(27)13-22(24)28/h5,7-10,12-16,31H,6,11,29H2,1-4H3/b19-5-. The summed E-state index contributed by atoms with van der Waals surface area (Å²) in [5.74, 6) is 0.592. The molecule has 0 aliphatic carbocycles. The Bertz CT molecular complexity index is 1120. The van der Waals surface area contributed by atoms with E-state index in [1.165, 1.54) is 0 Å². The molecule has 2 aromatic rings. The molecule has 1 aliphatic rings. The van der Waals surface area contributed by atoms with E-state index in [1.54, 1.807) is 12.1 Å². The molecule has 4 nitrogen and oxygen atoms in total. The van der Waals surface area contributed by atoms with Crippen LogP contribution in [0.2, 0.25) is 10.0 Å². The van der Waals surface area contributed by atoms with Gasteiger partial charge in [0.15, 0.2) is 5.78 Å². The number of rotatable bonds is 8. The summed E-state index contributed by atoms with van der Waals surface area (Å²) in [6.45, 7) is 8.18. The summed E-state index contributed by atoms with van der Waals surface area (Å²) >= 11 is 12.4. The van der Waals surface area contributed by atoms with E-state index in [1.807, 2.05) is 50.3 Å². The quantitative estimate of drug-likeness (QED) is 0.393. The molecule has 1 heterocycles. The minimum Gasteiger partial charge on any atom is -0.399 e. The Morgan fingerprint density at radius 2 is 1.91 bits per heavy atom. The number of benzene rings is 2. The van der Waals surface area contributed by atoms with Crippen molar-refractivity contribution >= 4 is 57.3 Å². The predicted octanol–water partition coefficient (Wildman–Crippen LogP) is 7.50. The van der Waals surface area contributed by atoms with Crippen LogP contribution in [0.25, 0.3) is 5.57 Å². The lowest BCUT2D eigenvalue weighted by atomic mass is 9.90.